The molecule has 0 heterocycles. The number of rotatable bonds is 4. The second-order valence-electron chi connectivity index (χ2n) is 4.66. The fourth-order valence-corrected chi connectivity index (χ4v) is 2.95. The molecule has 0 radical (unpaired) electrons. The summed E-state index contributed by atoms with van der Waals surface area (Å²) in [6.45, 7) is 3.97. The fourth-order valence-electron chi connectivity index (χ4n) is 1.80. The summed E-state index contributed by atoms with van der Waals surface area (Å²) in [7, 11) is 0. The zero-order valence-corrected chi connectivity index (χ0v) is 14.9. The lowest BCUT2D eigenvalue weighted by Gasteiger charge is -2.11. The summed E-state index contributed by atoms with van der Waals surface area (Å²) in [5.74, 6) is 0.541. The molecule has 0 aliphatic rings. The van der Waals surface area contributed by atoms with Crippen molar-refractivity contribution in [3.63, 3.8) is 0 Å². The van der Waals surface area contributed by atoms with Crippen LogP contribution in [0.4, 0.5) is 5.69 Å². The first-order valence-corrected chi connectivity index (χ1v) is 8.00. The highest BCUT2D eigenvalue weighted by Crippen LogP contribution is 2.26. The van der Waals surface area contributed by atoms with Crippen molar-refractivity contribution in [1.82, 2.24) is 0 Å². The predicted molar refractivity (Wildman–Crippen MR) is 91.9 cm³/mol. The molecular weight excluding hydrogens is 398 g/mol. The highest BCUT2D eigenvalue weighted by atomic mass is 79.9. The summed E-state index contributed by atoms with van der Waals surface area (Å²) in [5.41, 5.74) is 2.91. The van der Waals surface area contributed by atoms with Gasteiger partial charge in [0.05, 0.1) is 5.69 Å². The Hall–Kier alpha value is -1.33. The standard InChI is InChI=1S/C16H15Br2NO2/c1-10-4-3-5-15(11(10)2)21-9-16(20)19-14-7-6-12(17)8-13(14)18/h3-8H,9H2,1-2H3,(H,19,20). The minimum Gasteiger partial charge on any atom is -0.483 e. The van der Waals surface area contributed by atoms with Gasteiger partial charge in [0.25, 0.3) is 5.91 Å². The van der Waals surface area contributed by atoms with Crippen LogP contribution in [0.2, 0.25) is 0 Å². The van der Waals surface area contributed by atoms with E-state index in [0.29, 0.717) is 5.69 Å². The van der Waals surface area contributed by atoms with Gasteiger partial charge >= 0.3 is 0 Å². The Morgan fingerprint density at radius 3 is 2.67 bits per heavy atom. The molecule has 0 unspecified atom stereocenters. The fraction of sp³-hybridized carbons (Fsp3) is 0.188. The summed E-state index contributed by atoms with van der Waals surface area (Å²) in [6, 6.07) is 11.4. The lowest BCUT2D eigenvalue weighted by atomic mass is 10.1. The van der Waals surface area contributed by atoms with E-state index in [-0.39, 0.29) is 12.5 Å². The molecule has 0 atom stereocenters. The van der Waals surface area contributed by atoms with Crippen LogP contribution in [0.3, 0.4) is 0 Å². The Morgan fingerprint density at radius 2 is 1.95 bits per heavy atom. The van der Waals surface area contributed by atoms with E-state index in [0.717, 1.165) is 25.8 Å². The number of carbonyl (C=O) groups is 1. The van der Waals surface area contributed by atoms with Crippen LogP contribution in [-0.4, -0.2) is 12.5 Å². The van der Waals surface area contributed by atoms with Crippen LogP contribution in [0.15, 0.2) is 45.3 Å². The van der Waals surface area contributed by atoms with Crippen molar-refractivity contribution >= 4 is 43.5 Å². The third kappa shape index (κ3) is 4.32. The molecule has 0 saturated carbocycles. The highest BCUT2D eigenvalue weighted by molar-refractivity contribution is 9.11. The molecule has 0 bridgehead atoms. The van der Waals surface area contributed by atoms with Gasteiger partial charge in [0, 0.05) is 8.95 Å². The Labute approximate surface area is 141 Å². The number of anilines is 1. The largest absolute Gasteiger partial charge is 0.483 e. The number of hydrogen-bond acceptors (Lipinski definition) is 2. The van der Waals surface area contributed by atoms with Crippen LogP contribution in [0, 0.1) is 13.8 Å². The molecule has 110 valence electrons. The Bertz CT molecular complexity index is 671. The normalized spacial score (nSPS) is 10.3. The molecule has 0 aliphatic heterocycles. The predicted octanol–water partition coefficient (Wildman–Crippen LogP) is 4.85. The topological polar surface area (TPSA) is 38.3 Å². The second kappa shape index (κ2) is 7.09. The lowest BCUT2D eigenvalue weighted by molar-refractivity contribution is -0.118. The average Bonchev–Trinajstić information content (AvgIpc) is 2.43. The molecule has 2 rings (SSSR count). The molecule has 1 amide bonds. The summed E-state index contributed by atoms with van der Waals surface area (Å²) in [6.07, 6.45) is 0. The van der Waals surface area contributed by atoms with Crippen LogP contribution in [-0.2, 0) is 4.79 Å². The van der Waals surface area contributed by atoms with Gasteiger partial charge in [-0.1, -0.05) is 28.1 Å². The highest BCUT2D eigenvalue weighted by Gasteiger charge is 2.08. The molecule has 5 heteroatoms. The van der Waals surface area contributed by atoms with E-state index in [1.165, 1.54) is 0 Å². The first-order chi connectivity index (χ1) is 9.97. The quantitative estimate of drug-likeness (QED) is 0.779. The molecule has 0 aromatic heterocycles. The van der Waals surface area contributed by atoms with E-state index in [2.05, 4.69) is 37.2 Å². The number of ether oxygens (including phenoxy) is 1. The van der Waals surface area contributed by atoms with E-state index < -0.39 is 0 Å². The van der Waals surface area contributed by atoms with Gasteiger partial charge < -0.3 is 10.1 Å². The molecule has 3 nitrogen and oxygen atoms in total. The number of carbonyl (C=O) groups excluding carboxylic acids is 1. The minimum absolute atomic E-state index is 0.0210. The van der Waals surface area contributed by atoms with Crippen LogP contribution in [0.25, 0.3) is 0 Å². The molecular formula is C16H15Br2NO2. The Morgan fingerprint density at radius 1 is 1.19 bits per heavy atom. The number of hydrogen-bond donors (Lipinski definition) is 1. The number of halogens is 2. The van der Waals surface area contributed by atoms with Gasteiger partial charge in [0.2, 0.25) is 0 Å². The zero-order chi connectivity index (χ0) is 15.4. The number of benzene rings is 2. The molecule has 2 aromatic carbocycles. The monoisotopic (exact) mass is 411 g/mol. The first-order valence-electron chi connectivity index (χ1n) is 6.41. The van der Waals surface area contributed by atoms with Crippen molar-refractivity contribution in [2.24, 2.45) is 0 Å². The van der Waals surface area contributed by atoms with Crippen LogP contribution >= 0.6 is 31.9 Å². The van der Waals surface area contributed by atoms with Gasteiger partial charge in [-0.2, -0.15) is 0 Å². The number of amides is 1. The van der Waals surface area contributed by atoms with Gasteiger partial charge in [-0.05, 0) is 65.2 Å². The second-order valence-corrected chi connectivity index (χ2v) is 6.43. The van der Waals surface area contributed by atoms with Crippen molar-refractivity contribution in [2.75, 3.05) is 11.9 Å². The maximum absolute atomic E-state index is 12.0. The first kappa shape index (κ1) is 16.0. The summed E-state index contributed by atoms with van der Waals surface area (Å²) in [4.78, 5) is 12.0. The summed E-state index contributed by atoms with van der Waals surface area (Å²) < 4.78 is 7.34. The average molecular weight is 413 g/mol. The molecule has 0 fully saturated rings. The van der Waals surface area contributed by atoms with Gasteiger partial charge in [0.15, 0.2) is 6.61 Å². The van der Waals surface area contributed by atoms with Crippen molar-refractivity contribution in [2.45, 2.75) is 13.8 Å². The number of nitrogens with one attached hydrogen (secondary N) is 1. The van der Waals surface area contributed by atoms with E-state index in [1.54, 1.807) is 0 Å². The third-order valence-electron chi connectivity index (χ3n) is 3.12. The maximum atomic E-state index is 12.0. The SMILES string of the molecule is Cc1cccc(OCC(=O)Nc2ccc(Br)cc2Br)c1C. The van der Waals surface area contributed by atoms with Crippen LogP contribution < -0.4 is 10.1 Å². The molecule has 2 aromatic rings. The Kier molecular flexibility index (Phi) is 5.42. The van der Waals surface area contributed by atoms with Crippen LogP contribution in [0.1, 0.15) is 11.1 Å². The molecule has 0 spiro atoms. The van der Waals surface area contributed by atoms with Gasteiger partial charge in [-0.15, -0.1) is 0 Å². The summed E-state index contributed by atoms with van der Waals surface area (Å²) >= 11 is 6.78. The van der Waals surface area contributed by atoms with Gasteiger partial charge in [-0.25, -0.2) is 0 Å². The molecule has 21 heavy (non-hydrogen) atoms. The third-order valence-corrected chi connectivity index (χ3v) is 4.27. The molecule has 0 saturated heterocycles. The minimum atomic E-state index is -0.195. The van der Waals surface area contributed by atoms with Crippen molar-refractivity contribution in [3.8, 4) is 5.75 Å². The number of aryl methyl sites for hydroxylation is 1. The molecule has 1 N–H and O–H groups in total. The summed E-state index contributed by atoms with van der Waals surface area (Å²) in [5, 5.41) is 2.81. The van der Waals surface area contributed by atoms with Crippen molar-refractivity contribution in [3.05, 3.63) is 56.5 Å². The zero-order valence-electron chi connectivity index (χ0n) is 11.7. The van der Waals surface area contributed by atoms with Crippen LogP contribution in [0.5, 0.6) is 5.75 Å². The molecule has 0 aliphatic carbocycles. The van der Waals surface area contributed by atoms with Gasteiger partial charge in [0.1, 0.15) is 5.75 Å². The van der Waals surface area contributed by atoms with E-state index in [4.69, 9.17) is 4.74 Å². The van der Waals surface area contributed by atoms with Crippen molar-refractivity contribution < 1.29 is 9.53 Å². The van der Waals surface area contributed by atoms with Gasteiger partial charge in [-0.3, -0.25) is 4.79 Å². The van der Waals surface area contributed by atoms with E-state index in [9.17, 15) is 4.79 Å². The smallest absolute Gasteiger partial charge is 0.262 e. The maximum Gasteiger partial charge on any atom is 0.262 e. The van der Waals surface area contributed by atoms with E-state index >= 15 is 0 Å². The van der Waals surface area contributed by atoms with E-state index in [1.807, 2.05) is 50.2 Å². The van der Waals surface area contributed by atoms with Crippen molar-refractivity contribution in [1.29, 1.82) is 0 Å². The lowest BCUT2D eigenvalue weighted by Crippen LogP contribution is -2.20. The Balaban J connectivity index is 1.97.